The van der Waals surface area contributed by atoms with E-state index >= 15 is 0 Å². The molecule has 0 saturated carbocycles. The Labute approximate surface area is 130 Å². The molecule has 3 aromatic rings. The van der Waals surface area contributed by atoms with E-state index in [1.165, 1.54) is 17.3 Å². The minimum atomic E-state index is 0.0860. The highest BCUT2D eigenvalue weighted by Crippen LogP contribution is 2.42. The summed E-state index contributed by atoms with van der Waals surface area (Å²) in [5.41, 5.74) is 2.15. The molecular formula is C16H12N2OS2. The number of thioether (sulfide) groups is 1. The summed E-state index contributed by atoms with van der Waals surface area (Å²) in [7, 11) is 0. The minimum absolute atomic E-state index is 0.0860. The number of benzene rings is 2. The first kappa shape index (κ1) is 12.9. The van der Waals surface area contributed by atoms with Crippen LogP contribution in [0.4, 0.5) is 9.93 Å². The Kier molecular flexibility index (Phi) is 3.16. The van der Waals surface area contributed by atoms with E-state index in [9.17, 15) is 4.79 Å². The van der Waals surface area contributed by atoms with Crippen LogP contribution in [-0.2, 0) is 0 Å². The standard InChI is InChI=1S/C16H12N2OS2/c19-16-18(10-14(21-16)11-6-2-1-3-7-11)15-17-12-8-4-5-9-13(12)20-15/h1-9,14H,10H2. The van der Waals surface area contributed by atoms with Crippen molar-refractivity contribution in [2.45, 2.75) is 5.25 Å². The molecular weight excluding hydrogens is 300 g/mol. The van der Waals surface area contributed by atoms with Crippen LogP contribution in [0.25, 0.3) is 10.2 Å². The second-order valence-electron chi connectivity index (χ2n) is 4.86. The van der Waals surface area contributed by atoms with Crippen molar-refractivity contribution in [1.29, 1.82) is 0 Å². The molecule has 1 atom stereocenters. The van der Waals surface area contributed by atoms with E-state index in [0.717, 1.165) is 15.3 Å². The van der Waals surface area contributed by atoms with E-state index in [1.54, 1.807) is 16.2 Å². The molecule has 5 heteroatoms. The summed E-state index contributed by atoms with van der Waals surface area (Å²) in [5.74, 6) is 0. The first-order valence-corrected chi connectivity index (χ1v) is 8.39. The number of carbonyl (C=O) groups is 1. The highest BCUT2D eigenvalue weighted by Gasteiger charge is 2.34. The van der Waals surface area contributed by atoms with Crippen molar-refractivity contribution in [1.82, 2.24) is 4.98 Å². The van der Waals surface area contributed by atoms with Crippen LogP contribution in [0, 0.1) is 0 Å². The maximum atomic E-state index is 12.3. The number of para-hydroxylation sites is 1. The van der Waals surface area contributed by atoms with Crippen molar-refractivity contribution in [2.24, 2.45) is 0 Å². The van der Waals surface area contributed by atoms with Crippen LogP contribution < -0.4 is 4.90 Å². The summed E-state index contributed by atoms with van der Waals surface area (Å²) in [6.07, 6.45) is 0. The Hall–Kier alpha value is -1.85. The highest BCUT2D eigenvalue weighted by molar-refractivity contribution is 8.14. The number of hydrogen-bond donors (Lipinski definition) is 0. The van der Waals surface area contributed by atoms with Gasteiger partial charge in [0.2, 0.25) is 0 Å². The fourth-order valence-electron chi connectivity index (χ4n) is 2.44. The van der Waals surface area contributed by atoms with Crippen LogP contribution in [-0.4, -0.2) is 16.8 Å². The van der Waals surface area contributed by atoms with E-state index < -0.39 is 0 Å². The molecule has 104 valence electrons. The third kappa shape index (κ3) is 2.32. The molecule has 21 heavy (non-hydrogen) atoms. The van der Waals surface area contributed by atoms with Gasteiger partial charge in [0.15, 0.2) is 5.13 Å². The number of fused-ring (bicyclic) bond motifs is 1. The van der Waals surface area contributed by atoms with Crippen molar-refractivity contribution in [3.63, 3.8) is 0 Å². The van der Waals surface area contributed by atoms with Crippen molar-refractivity contribution in [3.05, 3.63) is 60.2 Å². The van der Waals surface area contributed by atoms with Crippen LogP contribution >= 0.6 is 23.1 Å². The first-order valence-electron chi connectivity index (χ1n) is 6.70. The maximum absolute atomic E-state index is 12.3. The van der Waals surface area contributed by atoms with E-state index in [4.69, 9.17) is 0 Å². The summed E-state index contributed by atoms with van der Waals surface area (Å²) in [6, 6.07) is 18.2. The number of carbonyl (C=O) groups excluding carboxylic acids is 1. The van der Waals surface area contributed by atoms with Crippen molar-refractivity contribution < 1.29 is 4.79 Å². The summed E-state index contributed by atoms with van der Waals surface area (Å²) in [6.45, 7) is 0.688. The number of anilines is 1. The SMILES string of the molecule is O=C1SC(c2ccccc2)CN1c1nc2ccccc2s1. The van der Waals surface area contributed by atoms with Crippen LogP contribution in [0.1, 0.15) is 10.8 Å². The van der Waals surface area contributed by atoms with Gasteiger partial charge >= 0.3 is 0 Å². The van der Waals surface area contributed by atoms with E-state index in [-0.39, 0.29) is 10.5 Å². The lowest BCUT2D eigenvalue weighted by Crippen LogP contribution is -2.22. The van der Waals surface area contributed by atoms with Gasteiger partial charge in [-0.15, -0.1) is 0 Å². The van der Waals surface area contributed by atoms with Gasteiger partial charge in [0.05, 0.1) is 15.5 Å². The van der Waals surface area contributed by atoms with Gasteiger partial charge in [-0.25, -0.2) is 4.98 Å². The molecule has 0 spiro atoms. The predicted octanol–water partition coefficient (Wildman–Crippen LogP) is 4.71. The fraction of sp³-hybridized carbons (Fsp3) is 0.125. The predicted molar refractivity (Wildman–Crippen MR) is 89.1 cm³/mol. The van der Waals surface area contributed by atoms with E-state index in [2.05, 4.69) is 17.1 Å². The first-order chi connectivity index (χ1) is 10.3. The summed E-state index contributed by atoms with van der Waals surface area (Å²) in [4.78, 5) is 18.7. The van der Waals surface area contributed by atoms with Gasteiger partial charge in [-0.1, -0.05) is 65.6 Å². The van der Waals surface area contributed by atoms with Crippen LogP contribution in [0.15, 0.2) is 54.6 Å². The Balaban J connectivity index is 1.65. The summed E-state index contributed by atoms with van der Waals surface area (Å²) in [5, 5.41) is 1.07. The quantitative estimate of drug-likeness (QED) is 0.687. The molecule has 1 aliphatic rings. The molecule has 4 rings (SSSR count). The van der Waals surface area contributed by atoms with Crippen LogP contribution in [0.2, 0.25) is 0 Å². The smallest absolute Gasteiger partial charge is 0.277 e. The zero-order chi connectivity index (χ0) is 14.2. The Morgan fingerprint density at radius 3 is 2.62 bits per heavy atom. The van der Waals surface area contributed by atoms with Gasteiger partial charge in [-0.3, -0.25) is 9.69 Å². The molecule has 1 unspecified atom stereocenters. The number of thiazole rings is 1. The van der Waals surface area contributed by atoms with Gasteiger partial charge in [-0.05, 0) is 17.7 Å². The number of amides is 1. The molecule has 1 fully saturated rings. The number of rotatable bonds is 2. The maximum Gasteiger partial charge on any atom is 0.288 e. The zero-order valence-electron chi connectivity index (χ0n) is 11.1. The molecule has 0 aliphatic carbocycles. The zero-order valence-corrected chi connectivity index (χ0v) is 12.7. The monoisotopic (exact) mass is 312 g/mol. The molecule has 1 saturated heterocycles. The highest BCUT2D eigenvalue weighted by atomic mass is 32.2. The fourth-order valence-corrected chi connectivity index (χ4v) is 4.52. The molecule has 0 N–H and O–H groups in total. The summed E-state index contributed by atoms with van der Waals surface area (Å²) >= 11 is 2.96. The lowest BCUT2D eigenvalue weighted by atomic mass is 10.1. The lowest BCUT2D eigenvalue weighted by Gasteiger charge is -2.11. The number of hydrogen-bond acceptors (Lipinski definition) is 4. The van der Waals surface area contributed by atoms with Crippen molar-refractivity contribution in [2.75, 3.05) is 11.4 Å². The van der Waals surface area contributed by atoms with Gasteiger partial charge in [0, 0.05) is 6.54 Å². The van der Waals surface area contributed by atoms with Gasteiger partial charge < -0.3 is 0 Å². The largest absolute Gasteiger partial charge is 0.288 e. The normalized spacial score (nSPS) is 18.6. The Morgan fingerprint density at radius 2 is 1.81 bits per heavy atom. The molecule has 2 heterocycles. The second kappa shape index (κ2) is 5.16. The third-order valence-electron chi connectivity index (χ3n) is 3.50. The topological polar surface area (TPSA) is 33.2 Å². The Bertz CT molecular complexity index is 767. The molecule has 3 nitrogen and oxygen atoms in total. The van der Waals surface area contributed by atoms with Crippen molar-refractivity contribution in [3.8, 4) is 0 Å². The minimum Gasteiger partial charge on any atom is -0.277 e. The van der Waals surface area contributed by atoms with Gasteiger partial charge in [0.1, 0.15) is 0 Å². The molecule has 0 bridgehead atoms. The van der Waals surface area contributed by atoms with E-state index in [1.807, 2.05) is 42.5 Å². The number of nitrogens with zero attached hydrogens (tertiary/aromatic N) is 2. The molecule has 1 aromatic heterocycles. The average molecular weight is 312 g/mol. The van der Waals surface area contributed by atoms with Crippen LogP contribution in [0.3, 0.4) is 0 Å². The molecule has 1 aliphatic heterocycles. The molecule has 2 aromatic carbocycles. The molecule has 0 radical (unpaired) electrons. The second-order valence-corrected chi connectivity index (χ2v) is 7.02. The van der Waals surface area contributed by atoms with Crippen molar-refractivity contribution >= 4 is 43.7 Å². The van der Waals surface area contributed by atoms with Crippen LogP contribution in [0.5, 0.6) is 0 Å². The molecule has 1 amide bonds. The number of aromatic nitrogens is 1. The average Bonchev–Trinajstić information content (AvgIpc) is 3.11. The van der Waals surface area contributed by atoms with E-state index in [0.29, 0.717) is 6.54 Å². The summed E-state index contributed by atoms with van der Waals surface area (Å²) < 4.78 is 1.12. The lowest BCUT2D eigenvalue weighted by molar-refractivity contribution is 0.266. The van der Waals surface area contributed by atoms with Gasteiger partial charge in [0.25, 0.3) is 5.24 Å². The van der Waals surface area contributed by atoms with Gasteiger partial charge in [-0.2, -0.15) is 0 Å². The Morgan fingerprint density at radius 1 is 1.05 bits per heavy atom. The third-order valence-corrected chi connectivity index (χ3v) is 5.68.